The molecular weight excluding hydrogens is 298 g/mol. The highest BCUT2D eigenvalue weighted by Crippen LogP contribution is 2.20. The van der Waals surface area contributed by atoms with E-state index in [1.807, 2.05) is 50.4 Å². The van der Waals surface area contributed by atoms with E-state index in [1.165, 1.54) is 0 Å². The molecule has 0 bridgehead atoms. The Hall–Kier alpha value is -2.33. The summed E-state index contributed by atoms with van der Waals surface area (Å²) in [6.45, 7) is 1.96. The third-order valence-corrected chi connectivity index (χ3v) is 4.07. The van der Waals surface area contributed by atoms with E-state index in [0.717, 1.165) is 16.6 Å². The number of hydrogen-bond acceptors (Lipinski definition) is 2. The van der Waals surface area contributed by atoms with Gasteiger partial charge >= 0.3 is 0 Å². The highest BCUT2D eigenvalue weighted by atomic mass is 35.5. The Labute approximate surface area is 133 Å². The number of aryl methyl sites for hydroxylation is 1. The minimum atomic E-state index is -0.115. The van der Waals surface area contributed by atoms with Gasteiger partial charge in [-0.25, -0.2) is 4.98 Å². The molecule has 0 radical (unpaired) electrons. The van der Waals surface area contributed by atoms with Gasteiger partial charge in [0.1, 0.15) is 0 Å². The Morgan fingerprint density at radius 1 is 1.23 bits per heavy atom. The molecule has 5 heteroatoms. The van der Waals surface area contributed by atoms with Crippen LogP contribution in [0.3, 0.4) is 0 Å². The summed E-state index contributed by atoms with van der Waals surface area (Å²) in [5, 5.41) is 3.41. The lowest BCUT2D eigenvalue weighted by Crippen LogP contribution is -2.26. The average Bonchev–Trinajstić information content (AvgIpc) is 2.82. The molecule has 22 heavy (non-hydrogen) atoms. The highest BCUT2D eigenvalue weighted by molar-refractivity contribution is 6.29. The van der Waals surface area contributed by atoms with Gasteiger partial charge in [-0.1, -0.05) is 30.3 Å². The van der Waals surface area contributed by atoms with Crippen LogP contribution in [0.25, 0.3) is 11.0 Å². The van der Waals surface area contributed by atoms with E-state index in [-0.39, 0.29) is 11.9 Å². The van der Waals surface area contributed by atoms with Crippen molar-refractivity contribution in [3.05, 3.63) is 64.9 Å². The predicted molar refractivity (Wildman–Crippen MR) is 88.0 cm³/mol. The second-order valence-electron chi connectivity index (χ2n) is 5.25. The molecular formula is C17H16ClN3O. The zero-order chi connectivity index (χ0) is 15.7. The quantitative estimate of drug-likeness (QED) is 0.801. The molecule has 2 aromatic carbocycles. The molecule has 1 heterocycles. The molecule has 0 saturated carbocycles. The molecule has 3 rings (SSSR count). The molecule has 0 spiro atoms. The Morgan fingerprint density at radius 2 is 1.95 bits per heavy atom. The molecule has 4 nitrogen and oxygen atoms in total. The van der Waals surface area contributed by atoms with Gasteiger partial charge in [-0.3, -0.25) is 4.79 Å². The fourth-order valence-corrected chi connectivity index (χ4v) is 2.59. The van der Waals surface area contributed by atoms with Gasteiger partial charge in [-0.15, -0.1) is 0 Å². The Kier molecular flexibility index (Phi) is 3.86. The van der Waals surface area contributed by atoms with Crippen molar-refractivity contribution in [1.82, 2.24) is 14.9 Å². The van der Waals surface area contributed by atoms with E-state index >= 15 is 0 Å². The highest BCUT2D eigenvalue weighted by Gasteiger charge is 2.13. The van der Waals surface area contributed by atoms with Crippen LogP contribution >= 0.6 is 11.6 Å². The second-order valence-corrected chi connectivity index (χ2v) is 5.59. The second kappa shape index (κ2) is 5.81. The molecule has 0 fully saturated rings. The summed E-state index contributed by atoms with van der Waals surface area (Å²) in [5.74, 6) is -0.115. The number of nitrogens with zero attached hydrogens (tertiary/aromatic N) is 2. The monoisotopic (exact) mass is 313 g/mol. The summed E-state index contributed by atoms with van der Waals surface area (Å²) in [4.78, 5) is 16.6. The molecule has 0 saturated heterocycles. The Balaban J connectivity index is 1.84. The third-order valence-electron chi connectivity index (χ3n) is 3.74. The zero-order valence-electron chi connectivity index (χ0n) is 12.4. The summed E-state index contributed by atoms with van der Waals surface area (Å²) >= 11 is 6.00. The van der Waals surface area contributed by atoms with Gasteiger partial charge in [-0.05, 0) is 42.3 Å². The summed E-state index contributed by atoms with van der Waals surface area (Å²) in [6, 6.07) is 15.2. The minimum absolute atomic E-state index is 0.0560. The van der Waals surface area contributed by atoms with Crippen LogP contribution in [0.2, 0.25) is 5.28 Å². The van der Waals surface area contributed by atoms with Crippen LogP contribution in [-0.4, -0.2) is 15.5 Å². The fraction of sp³-hybridized carbons (Fsp3) is 0.176. The largest absolute Gasteiger partial charge is 0.346 e. The van der Waals surface area contributed by atoms with Crippen molar-refractivity contribution in [2.45, 2.75) is 13.0 Å². The van der Waals surface area contributed by atoms with Gasteiger partial charge in [0.2, 0.25) is 5.28 Å². The number of hydrogen-bond donors (Lipinski definition) is 1. The lowest BCUT2D eigenvalue weighted by Gasteiger charge is -2.14. The molecule has 1 unspecified atom stereocenters. The number of carbonyl (C=O) groups is 1. The van der Waals surface area contributed by atoms with Gasteiger partial charge in [0, 0.05) is 12.6 Å². The number of rotatable bonds is 3. The van der Waals surface area contributed by atoms with E-state index in [0.29, 0.717) is 10.8 Å². The Morgan fingerprint density at radius 3 is 2.68 bits per heavy atom. The lowest BCUT2D eigenvalue weighted by molar-refractivity contribution is 0.0940. The van der Waals surface area contributed by atoms with E-state index in [1.54, 1.807) is 16.7 Å². The SMILES string of the molecule is CC(NC(=O)c1ccc2nc(Cl)n(C)c2c1)c1ccccc1. The Bertz CT molecular complexity index is 827. The normalized spacial score (nSPS) is 12.3. The van der Waals surface area contributed by atoms with Crippen LogP contribution in [-0.2, 0) is 7.05 Å². The number of imidazole rings is 1. The summed E-state index contributed by atoms with van der Waals surface area (Å²) in [5.41, 5.74) is 3.28. The maximum Gasteiger partial charge on any atom is 0.251 e. The number of halogens is 1. The summed E-state index contributed by atoms with van der Waals surface area (Å²) in [7, 11) is 1.83. The topological polar surface area (TPSA) is 46.9 Å². The van der Waals surface area contributed by atoms with Crippen molar-refractivity contribution in [2.24, 2.45) is 7.05 Å². The molecule has 1 atom stereocenters. The smallest absolute Gasteiger partial charge is 0.251 e. The molecule has 3 aromatic rings. The van der Waals surface area contributed by atoms with Gasteiger partial charge in [0.15, 0.2) is 0 Å². The predicted octanol–water partition coefficient (Wildman–Crippen LogP) is 3.72. The van der Waals surface area contributed by atoms with Gasteiger partial charge < -0.3 is 9.88 Å². The van der Waals surface area contributed by atoms with Crippen molar-refractivity contribution in [3.8, 4) is 0 Å². The van der Waals surface area contributed by atoms with Crippen LogP contribution in [0.15, 0.2) is 48.5 Å². The van der Waals surface area contributed by atoms with Crippen molar-refractivity contribution in [3.63, 3.8) is 0 Å². The summed E-state index contributed by atoms with van der Waals surface area (Å²) in [6.07, 6.45) is 0. The lowest BCUT2D eigenvalue weighted by atomic mass is 10.1. The van der Waals surface area contributed by atoms with Gasteiger partial charge in [0.05, 0.1) is 17.1 Å². The van der Waals surface area contributed by atoms with Gasteiger partial charge in [0.25, 0.3) is 5.91 Å². The molecule has 1 amide bonds. The molecule has 0 aliphatic rings. The molecule has 1 N–H and O–H groups in total. The fourth-order valence-electron chi connectivity index (χ4n) is 2.41. The van der Waals surface area contributed by atoms with E-state index in [9.17, 15) is 4.79 Å². The van der Waals surface area contributed by atoms with Crippen LogP contribution < -0.4 is 5.32 Å². The average molecular weight is 314 g/mol. The number of amides is 1. The first-order valence-electron chi connectivity index (χ1n) is 7.04. The molecule has 112 valence electrons. The maximum atomic E-state index is 12.4. The zero-order valence-corrected chi connectivity index (χ0v) is 13.1. The van der Waals surface area contributed by atoms with Crippen molar-refractivity contribution >= 4 is 28.5 Å². The van der Waals surface area contributed by atoms with Crippen molar-refractivity contribution < 1.29 is 4.79 Å². The number of carbonyl (C=O) groups excluding carboxylic acids is 1. The van der Waals surface area contributed by atoms with Crippen molar-refractivity contribution in [2.75, 3.05) is 0 Å². The standard InChI is InChI=1S/C17H16ClN3O/c1-11(12-6-4-3-5-7-12)19-16(22)13-8-9-14-15(10-13)21(2)17(18)20-14/h3-11H,1-2H3,(H,19,22). The first-order valence-corrected chi connectivity index (χ1v) is 7.42. The first kappa shape index (κ1) is 14.6. The van der Waals surface area contributed by atoms with E-state index in [2.05, 4.69) is 10.3 Å². The minimum Gasteiger partial charge on any atom is -0.346 e. The molecule has 0 aliphatic carbocycles. The van der Waals surface area contributed by atoms with Crippen LogP contribution in [0.1, 0.15) is 28.9 Å². The molecule has 1 aromatic heterocycles. The molecule has 0 aliphatic heterocycles. The first-order chi connectivity index (χ1) is 10.6. The summed E-state index contributed by atoms with van der Waals surface area (Å²) < 4.78 is 1.76. The van der Waals surface area contributed by atoms with Crippen LogP contribution in [0.5, 0.6) is 0 Å². The number of fused-ring (bicyclic) bond motifs is 1. The van der Waals surface area contributed by atoms with E-state index < -0.39 is 0 Å². The maximum absolute atomic E-state index is 12.4. The third kappa shape index (κ3) is 2.70. The number of aromatic nitrogens is 2. The number of nitrogens with one attached hydrogen (secondary N) is 1. The van der Waals surface area contributed by atoms with Crippen molar-refractivity contribution in [1.29, 1.82) is 0 Å². The number of benzene rings is 2. The van der Waals surface area contributed by atoms with E-state index in [4.69, 9.17) is 11.6 Å². The van der Waals surface area contributed by atoms with Gasteiger partial charge in [-0.2, -0.15) is 0 Å². The van der Waals surface area contributed by atoms with Crippen LogP contribution in [0, 0.1) is 0 Å². The van der Waals surface area contributed by atoms with Crippen LogP contribution in [0.4, 0.5) is 0 Å².